The topological polar surface area (TPSA) is 50.1 Å². The molecule has 16 heavy (non-hydrogen) atoms. The minimum atomic E-state index is -2.78. The molecule has 0 unspecified atom stereocenters. The highest BCUT2D eigenvalue weighted by Crippen LogP contribution is 2.26. The Morgan fingerprint density at radius 3 is 2.56 bits per heavy atom. The molecule has 0 atom stereocenters. The average molecular weight is 225 g/mol. The molecule has 5 heteroatoms. The van der Waals surface area contributed by atoms with E-state index < -0.39 is 18.0 Å². The van der Waals surface area contributed by atoms with Gasteiger partial charge in [0.05, 0.1) is 24.3 Å². The fourth-order valence-electron chi connectivity index (χ4n) is 1.32. The summed E-state index contributed by atoms with van der Waals surface area (Å²) in [5, 5.41) is 8.74. The third kappa shape index (κ3) is 2.16. The van der Waals surface area contributed by atoms with E-state index in [1.54, 1.807) is 0 Å². The molecule has 3 nitrogen and oxygen atoms in total. The number of carbonyl (C=O) groups excluding carboxylic acids is 1. The van der Waals surface area contributed by atoms with E-state index >= 15 is 0 Å². The van der Waals surface area contributed by atoms with E-state index in [-0.39, 0.29) is 11.1 Å². The van der Waals surface area contributed by atoms with Gasteiger partial charge >= 0.3 is 5.97 Å². The molecular weight excluding hydrogens is 216 g/mol. The van der Waals surface area contributed by atoms with E-state index in [1.165, 1.54) is 6.92 Å². The van der Waals surface area contributed by atoms with Gasteiger partial charge in [0.15, 0.2) is 0 Å². The van der Waals surface area contributed by atoms with E-state index in [2.05, 4.69) is 4.74 Å². The number of ether oxygens (including phenoxy) is 1. The van der Waals surface area contributed by atoms with Crippen molar-refractivity contribution in [3.05, 3.63) is 34.4 Å². The molecule has 0 N–H and O–H groups in total. The number of methoxy groups -OCH3 is 1. The van der Waals surface area contributed by atoms with E-state index in [4.69, 9.17) is 5.26 Å². The van der Waals surface area contributed by atoms with Crippen LogP contribution in [0.25, 0.3) is 0 Å². The van der Waals surface area contributed by atoms with Gasteiger partial charge in [-0.1, -0.05) is 0 Å². The predicted molar refractivity (Wildman–Crippen MR) is 52.2 cm³/mol. The molecule has 84 valence electrons. The zero-order chi connectivity index (χ0) is 12.3. The second-order valence-corrected chi connectivity index (χ2v) is 3.16. The second kappa shape index (κ2) is 4.71. The van der Waals surface area contributed by atoms with Crippen LogP contribution in [0.4, 0.5) is 8.78 Å². The molecular formula is C11H9F2NO2. The maximum Gasteiger partial charge on any atom is 0.338 e. The van der Waals surface area contributed by atoms with Crippen molar-refractivity contribution in [2.75, 3.05) is 7.11 Å². The van der Waals surface area contributed by atoms with Gasteiger partial charge in [0, 0.05) is 5.56 Å². The fraction of sp³-hybridized carbons (Fsp3) is 0.273. The minimum absolute atomic E-state index is 0.185. The van der Waals surface area contributed by atoms with Crippen LogP contribution in [0, 0.1) is 18.3 Å². The van der Waals surface area contributed by atoms with Crippen LogP contribution in [0.15, 0.2) is 12.1 Å². The van der Waals surface area contributed by atoms with E-state index in [0.717, 1.165) is 19.2 Å². The Morgan fingerprint density at radius 2 is 2.12 bits per heavy atom. The van der Waals surface area contributed by atoms with Gasteiger partial charge in [-0.15, -0.1) is 0 Å². The number of alkyl halides is 2. The first kappa shape index (κ1) is 12.1. The van der Waals surface area contributed by atoms with Gasteiger partial charge in [-0.25, -0.2) is 13.6 Å². The Hall–Kier alpha value is -1.96. The lowest BCUT2D eigenvalue weighted by atomic mass is 10.00. The molecule has 1 rings (SSSR count). The van der Waals surface area contributed by atoms with Crippen LogP contribution >= 0.6 is 0 Å². The lowest BCUT2D eigenvalue weighted by Gasteiger charge is -2.09. The van der Waals surface area contributed by atoms with Crippen molar-refractivity contribution in [2.24, 2.45) is 0 Å². The molecule has 1 aromatic carbocycles. The molecule has 0 aliphatic carbocycles. The highest BCUT2D eigenvalue weighted by molar-refractivity contribution is 5.91. The Bertz CT molecular complexity index is 464. The number of nitriles is 1. The lowest BCUT2D eigenvalue weighted by Crippen LogP contribution is -2.07. The molecule has 0 amide bonds. The zero-order valence-corrected chi connectivity index (χ0v) is 8.75. The first-order valence-corrected chi connectivity index (χ1v) is 4.42. The van der Waals surface area contributed by atoms with Crippen LogP contribution in [0.2, 0.25) is 0 Å². The third-order valence-corrected chi connectivity index (χ3v) is 2.16. The van der Waals surface area contributed by atoms with Crippen LogP contribution < -0.4 is 0 Å². The van der Waals surface area contributed by atoms with E-state index in [0.29, 0.717) is 5.56 Å². The summed E-state index contributed by atoms with van der Waals surface area (Å²) in [5.74, 6) is -0.869. The maximum absolute atomic E-state index is 12.6. The summed E-state index contributed by atoms with van der Waals surface area (Å²) >= 11 is 0. The van der Waals surface area contributed by atoms with Crippen LogP contribution in [0.3, 0.4) is 0 Å². The Labute approximate surface area is 91.3 Å². The largest absolute Gasteiger partial charge is 0.465 e. The van der Waals surface area contributed by atoms with Crippen molar-refractivity contribution in [1.29, 1.82) is 5.26 Å². The summed E-state index contributed by atoms with van der Waals surface area (Å²) in [7, 11) is 1.10. The van der Waals surface area contributed by atoms with Gasteiger partial charge in [-0.2, -0.15) is 5.26 Å². The molecule has 0 bridgehead atoms. The van der Waals surface area contributed by atoms with Crippen LogP contribution in [-0.2, 0) is 4.74 Å². The molecule has 0 fully saturated rings. The summed E-state index contributed by atoms with van der Waals surface area (Å²) < 4.78 is 29.7. The first-order valence-electron chi connectivity index (χ1n) is 4.42. The van der Waals surface area contributed by atoms with Gasteiger partial charge in [0.25, 0.3) is 6.43 Å². The van der Waals surface area contributed by atoms with Crippen molar-refractivity contribution in [3.8, 4) is 6.07 Å². The van der Waals surface area contributed by atoms with Crippen molar-refractivity contribution in [2.45, 2.75) is 13.3 Å². The van der Waals surface area contributed by atoms with E-state index in [1.807, 2.05) is 6.07 Å². The molecule has 0 aliphatic rings. The molecule has 0 aromatic heterocycles. The number of esters is 1. The summed E-state index contributed by atoms with van der Waals surface area (Å²) in [5.41, 5.74) is -0.0850. The smallest absolute Gasteiger partial charge is 0.338 e. The molecule has 0 heterocycles. The van der Waals surface area contributed by atoms with Gasteiger partial charge < -0.3 is 4.74 Å². The fourth-order valence-corrected chi connectivity index (χ4v) is 1.32. The second-order valence-electron chi connectivity index (χ2n) is 3.16. The number of hydrogen-bond acceptors (Lipinski definition) is 3. The Kier molecular flexibility index (Phi) is 3.56. The zero-order valence-electron chi connectivity index (χ0n) is 8.75. The van der Waals surface area contributed by atoms with Crippen molar-refractivity contribution < 1.29 is 18.3 Å². The molecule has 0 aliphatic heterocycles. The third-order valence-electron chi connectivity index (χ3n) is 2.16. The number of hydrogen-bond donors (Lipinski definition) is 0. The van der Waals surface area contributed by atoms with Gasteiger partial charge in [0.1, 0.15) is 0 Å². The normalized spacial score (nSPS) is 10.0. The maximum atomic E-state index is 12.6. The summed E-state index contributed by atoms with van der Waals surface area (Å²) in [4.78, 5) is 11.3. The van der Waals surface area contributed by atoms with Gasteiger partial charge in [0.2, 0.25) is 0 Å². The first-order chi connectivity index (χ1) is 7.51. The number of aryl methyl sites for hydroxylation is 1. The lowest BCUT2D eigenvalue weighted by molar-refractivity contribution is 0.0589. The summed E-state index contributed by atoms with van der Waals surface area (Å²) in [6.45, 7) is 1.53. The van der Waals surface area contributed by atoms with Gasteiger partial charge in [-0.05, 0) is 24.6 Å². The molecule has 0 saturated carbocycles. The highest BCUT2D eigenvalue weighted by atomic mass is 19.3. The Balaban J connectivity index is 3.44. The van der Waals surface area contributed by atoms with Gasteiger partial charge in [-0.3, -0.25) is 0 Å². The average Bonchev–Trinajstić information content (AvgIpc) is 2.27. The quantitative estimate of drug-likeness (QED) is 0.727. The van der Waals surface area contributed by atoms with Crippen LogP contribution in [-0.4, -0.2) is 13.1 Å². The molecule has 1 aromatic rings. The number of carbonyl (C=O) groups is 1. The monoisotopic (exact) mass is 225 g/mol. The summed E-state index contributed by atoms with van der Waals surface area (Å²) in [6.07, 6.45) is -2.78. The van der Waals surface area contributed by atoms with E-state index in [9.17, 15) is 13.6 Å². The highest BCUT2D eigenvalue weighted by Gasteiger charge is 2.20. The number of halogens is 2. The minimum Gasteiger partial charge on any atom is -0.465 e. The number of nitrogens with zero attached hydrogens (tertiary/aromatic N) is 1. The Morgan fingerprint density at radius 1 is 1.50 bits per heavy atom. The molecule has 0 radical (unpaired) electrons. The summed E-state index contributed by atoms with van der Waals surface area (Å²) in [6, 6.07) is 4.09. The molecule has 0 spiro atoms. The van der Waals surface area contributed by atoms with Crippen LogP contribution in [0.1, 0.15) is 33.5 Å². The van der Waals surface area contributed by atoms with Crippen molar-refractivity contribution >= 4 is 5.97 Å². The molecule has 0 saturated heterocycles. The number of benzene rings is 1. The van der Waals surface area contributed by atoms with Crippen molar-refractivity contribution in [1.82, 2.24) is 0 Å². The predicted octanol–water partition coefficient (Wildman–Crippen LogP) is 2.59. The SMILES string of the molecule is COC(=O)c1cc(C#N)c(C)cc1C(F)F. The number of rotatable bonds is 2. The van der Waals surface area contributed by atoms with Crippen molar-refractivity contribution in [3.63, 3.8) is 0 Å². The van der Waals surface area contributed by atoms with Crippen LogP contribution in [0.5, 0.6) is 0 Å². The standard InChI is InChI=1S/C11H9F2NO2/c1-6-3-8(10(12)13)9(11(15)16-2)4-7(6)5-14/h3-4,10H,1-2H3.